The standard InChI is InChI=1S/C25H55N2O.NO3/c1-4-5-6-7-8-9-10-11-12-13-14-15-16-17-18-19-21-25(22-20-23-26)24-27(2,3)28;2-1(3)4/h25,28H,4-24,26H2,1-3H3;/q+1;-1. The molecule has 0 aliphatic carbocycles. The molecule has 7 heteroatoms. The lowest BCUT2D eigenvalue weighted by molar-refractivity contribution is -1.07. The van der Waals surface area contributed by atoms with Gasteiger partial charge in [0.05, 0.1) is 19.2 Å². The molecule has 0 aromatic carbocycles. The number of unbranched alkanes of at least 4 members (excludes halogenated alkanes) is 15. The van der Waals surface area contributed by atoms with Crippen LogP contribution >= 0.6 is 0 Å². The molecule has 1 unspecified atom stereocenters. The average Bonchev–Trinajstić information content (AvgIpc) is 2.70. The van der Waals surface area contributed by atoms with Gasteiger partial charge in [-0.25, -0.2) is 5.21 Å². The summed E-state index contributed by atoms with van der Waals surface area (Å²) in [5.74, 6) is 0.621. The van der Waals surface area contributed by atoms with Crippen LogP contribution in [0, 0.1) is 21.2 Å². The van der Waals surface area contributed by atoms with Crippen LogP contribution in [0.4, 0.5) is 0 Å². The first kappa shape index (κ1) is 33.3. The molecule has 0 aliphatic heterocycles. The molecule has 32 heavy (non-hydrogen) atoms. The number of nitrogens with zero attached hydrogens (tertiary/aromatic N) is 2. The van der Waals surface area contributed by atoms with Gasteiger partial charge in [-0.3, -0.25) is 0 Å². The fourth-order valence-corrected chi connectivity index (χ4v) is 4.35. The van der Waals surface area contributed by atoms with E-state index in [1.165, 1.54) is 109 Å². The van der Waals surface area contributed by atoms with E-state index >= 15 is 0 Å². The van der Waals surface area contributed by atoms with Gasteiger partial charge < -0.3 is 21.1 Å². The van der Waals surface area contributed by atoms with E-state index in [1.54, 1.807) is 0 Å². The number of hydrogen-bond donors (Lipinski definition) is 2. The van der Waals surface area contributed by atoms with Crippen LogP contribution in [0.3, 0.4) is 0 Å². The smallest absolute Gasteiger partial charge is 0.111 e. The molecule has 1 atom stereocenters. The van der Waals surface area contributed by atoms with Gasteiger partial charge in [0.1, 0.15) is 6.54 Å². The molecule has 7 nitrogen and oxygen atoms in total. The van der Waals surface area contributed by atoms with Crippen molar-refractivity contribution < 1.29 is 14.9 Å². The van der Waals surface area contributed by atoms with Crippen LogP contribution < -0.4 is 5.73 Å². The van der Waals surface area contributed by atoms with E-state index in [2.05, 4.69) is 6.92 Å². The first-order chi connectivity index (χ1) is 15.2. The molecule has 0 fully saturated rings. The van der Waals surface area contributed by atoms with Crippen molar-refractivity contribution in [2.24, 2.45) is 11.7 Å². The van der Waals surface area contributed by atoms with Crippen molar-refractivity contribution in [2.45, 2.75) is 129 Å². The van der Waals surface area contributed by atoms with Gasteiger partial charge in [-0.15, -0.1) is 0 Å². The third kappa shape index (κ3) is 33.7. The zero-order chi connectivity index (χ0) is 24.5. The Bertz CT molecular complexity index is 386. The fourth-order valence-electron chi connectivity index (χ4n) is 4.35. The molecule has 0 saturated heterocycles. The molecular weight excluding hydrogens is 406 g/mol. The van der Waals surface area contributed by atoms with Crippen LogP contribution in [0.2, 0.25) is 0 Å². The molecule has 0 spiro atoms. The first-order valence-electron chi connectivity index (χ1n) is 13.3. The minimum atomic E-state index is -1.75. The zero-order valence-electron chi connectivity index (χ0n) is 21.6. The molecule has 0 radical (unpaired) electrons. The molecule has 194 valence electrons. The molecule has 0 rings (SSSR count). The normalized spacial score (nSPS) is 12.3. The highest BCUT2D eigenvalue weighted by atomic mass is 16.9. The Labute approximate surface area is 198 Å². The Balaban J connectivity index is 0. The molecule has 0 heterocycles. The minimum absolute atomic E-state index is 0.0914. The van der Waals surface area contributed by atoms with E-state index in [4.69, 9.17) is 21.1 Å². The maximum Gasteiger partial charge on any atom is 0.111 e. The summed E-state index contributed by atoms with van der Waals surface area (Å²) < 4.78 is 0.0914. The number of hydroxylamine groups is 3. The summed E-state index contributed by atoms with van der Waals surface area (Å²) in [6, 6.07) is 0. The van der Waals surface area contributed by atoms with Crippen molar-refractivity contribution in [1.29, 1.82) is 0 Å². The highest BCUT2D eigenvalue weighted by Gasteiger charge is 2.19. The minimum Gasteiger partial charge on any atom is -0.356 e. The number of quaternary nitrogens is 1. The van der Waals surface area contributed by atoms with Gasteiger partial charge >= 0.3 is 0 Å². The van der Waals surface area contributed by atoms with Crippen molar-refractivity contribution in [3.05, 3.63) is 15.3 Å². The van der Waals surface area contributed by atoms with Crippen LogP contribution in [-0.2, 0) is 0 Å². The predicted molar refractivity (Wildman–Crippen MR) is 135 cm³/mol. The molecule has 3 N–H and O–H groups in total. The monoisotopic (exact) mass is 461 g/mol. The van der Waals surface area contributed by atoms with E-state index in [-0.39, 0.29) is 4.65 Å². The van der Waals surface area contributed by atoms with Gasteiger partial charge in [0.25, 0.3) is 0 Å². The summed E-state index contributed by atoms with van der Waals surface area (Å²) >= 11 is 0. The van der Waals surface area contributed by atoms with E-state index < -0.39 is 5.09 Å². The van der Waals surface area contributed by atoms with E-state index in [1.807, 2.05) is 14.1 Å². The SMILES string of the molecule is CCCCCCCCCCCCCCCCCCC(CCCN)C[N+](C)(C)O.O=[N+]([O-])[O-]. The summed E-state index contributed by atoms with van der Waals surface area (Å²) in [6.45, 7) is 3.92. The second-order valence-electron chi connectivity index (χ2n) is 9.92. The second-order valence-corrected chi connectivity index (χ2v) is 9.92. The van der Waals surface area contributed by atoms with Gasteiger partial charge in [0.2, 0.25) is 0 Å². The van der Waals surface area contributed by atoms with Gasteiger partial charge in [-0.05, 0) is 25.8 Å². The quantitative estimate of drug-likeness (QED) is 0.0764. The molecule has 0 aromatic rings. The van der Waals surface area contributed by atoms with Crippen molar-refractivity contribution in [2.75, 3.05) is 27.2 Å². The molecule has 0 saturated carbocycles. The summed E-state index contributed by atoms with van der Waals surface area (Å²) in [4.78, 5) is 8.25. The van der Waals surface area contributed by atoms with Crippen molar-refractivity contribution in [1.82, 2.24) is 0 Å². The first-order valence-corrected chi connectivity index (χ1v) is 13.3. The Morgan fingerprint density at radius 1 is 0.719 bits per heavy atom. The summed E-state index contributed by atoms with van der Waals surface area (Å²) in [6.07, 6.45) is 26.3. The maximum absolute atomic E-state index is 10.0. The Hall–Kier alpha value is -0.920. The van der Waals surface area contributed by atoms with Gasteiger partial charge in [-0.2, -0.15) is 4.65 Å². The number of hydrogen-bond acceptors (Lipinski definition) is 5. The molecule has 0 aliphatic rings. The van der Waals surface area contributed by atoms with E-state index in [0.717, 1.165) is 25.9 Å². The largest absolute Gasteiger partial charge is 0.356 e. The van der Waals surface area contributed by atoms with Crippen LogP contribution in [0.15, 0.2) is 0 Å². The fraction of sp³-hybridized carbons (Fsp3) is 1.00. The molecule has 0 amide bonds. The summed E-state index contributed by atoms with van der Waals surface area (Å²) in [5, 5.41) is 24.8. The molecular formula is C25H55N3O4. The lowest BCUT2D eigenvalue weighted by atomic mass is 9.95. The summed E-state index contributed by atoms with van der Waals surface area (Å²) in [5.41, 5.74) is 5.66. The van der Waals surface area contributed by atoms with E-state index in [0.29, 0.717) is 5.92 Å². The zero-order valence-corrected chi connectivity index (χ0v) is 21.6. The van der Waals surface area contributed by atoms with Crippen molar-refractivity contribution in [3.63, 3.8) is 0 Å². The van der Waals surface area contributed by atoms with Crippen LogP contribution in [0.1, 0.15) is 129 Å². The van der Waals surface area contributed by atoms with Crippen LogP contribution in [-0.4, -0.2) is 42.1 Å². The van der Waals surface area contributed by atoms with Crippen LogP contribution in [0.5, 0.6) is 0 Å². The second kappa shape index (κ2) is 24.7. The molecule has 0 bridgehead atoms. The highest BCUT2D eigenvalue weighted by Crippen LogP contribution is 2.19. The third-order valence-electron chi connectivity index (χ3n) is 5.99. The van der Waals surface area contributed by atoms with Crippen molar-refractivity contribution in [3.8, 4) is 0 Å². The Morgan fingerprint density at radius 2 is 1.03 bits per heavy atom. The lowest BCUT2D eigenvalue weighted by Crippen LogP contribution is -2.40. The van der Waals surface area contributed by atoms with Gasteiger partial charge in [0.15, 0.2) is 0 Å². The van der Waals surface area contributed by atoms with Crippen molar-refractivity contribution >= 4 is 0 Å². The van der Waals surface area contributed by atoms with Gasteiger partial charge in [0, 0.05) is 5.92 Å². The van der Waals surface area contributed by atoms with Gasteiger partial charge in [-0.1, -0.05) is 110 Å². The highest BCUT2D eigenvalue weighted by molar-refractivity contribution is 4.60. The van der Waals surface area contributed by atoms with Crippen LogP contribution in [0.25, 0.3) is 0 Å². The number of rotatable bonds is 22. The summed E-state index contributed by atoms with van der Waals surface area (Å²) in [7, 11) is 3.76. The third-order valence-corrected chi connectivity index (χ3v) is 5.99. The maximum atomic E-state index is 10.0. The predicted octanol–water partition coefficient (Wildman–Crippen LogP) is 7.22. The molecule has 0 aromatic heterocycles. The topological polar surface area (TPSA) is 112 Å². The lowest BCUT2D eigenvalue weighted by Gasteiger charge is -2.25. The van der Waals surface area contributed by atoms with E-state index in [9.17, 15) is 5.21 Å². The average molecular weight is 462 g/mol. The Kier molecular flexibility index (Phi) is 25.7. The number of nitrogens with two attached hydrogens (primary N) is 1. The Morgan fingerprint density at radius 3 is 1.34 bits per heavy atom.